The Bertz CT molecular complexity index is 199. The van der Waals surface area contributed by atoms with Gasteiger partial charge in [0, 0.05) is 32.6 Å². The molecule has 0 bridgehead atoms. The number of nitrogens with one attached hydrogen (secondary N) is 1. The van der Waals surface area contributed by atoms with E-state index >= 15 is 0 Å². The van der Waals surface area contributed by atoms with Crippen molar-refractivity contribution in [2.24, 2.45) is 0 Å². The zero-order chi connectivity index (χ0) is 11.1. The largest absolute Gasteiger partial charge is 0.394 e. The fraction of sp³-hybridized carbons (Fsp3) is 0.900. The van der Waals surface area contributed by atoms with E-state index in [1.54, 1.807) is 6.92 Å². The summed E-state index contributed by atoms with van der Waals surface area (Å²) in [5, 5.41) is 11.4. The molecule has 1 aliphatic rings. The van der Waals surface area contributed by atoms with Crippen molar-refractivity contribution in [2.45, 2.75) is 19.4 Å². The van der Waals surface area contributed by atoms with Crippen molar-refractivity contribution in [3.63, 3.8) is 0 Å². The number of aliphatic hydroxyl groups is 1. The van der Waals surface area contributed by atoms with Gasteiger partial charge in [-0.15, -0.1) is 0 Å². The van der Waals surface area contributed by atoms with Gasteiger partial charge in [0.05, 0.1) is 19.8 Å². The van der Waals surface area contributed by atoms with Crippen LogP contribution >= 0.6 is 0 Å². The van der Waals surface area contributed by atoms with Crippen LogP contribution in [0, 0.1) is 0 Å². The normalized spacial score (nSPS) is 21.9. The number of rotatable bonds is 6. The first-order valence-electron chi connectivity index (χ1n) is 5.40. The highest BCUT2D eigenvalue weighted by Crippen LogP contribution is 2.08. The number of ether oxygens (including phenoxy) is 1. The summed E-state index contributed by atoms with van der Waals surface area (Å²) in [4.78, 5) is 13.1. The lowest BCUT2D eigenvalue weighted by Gasteiger charge is -2.15. The zero-order valence-corrected chi connectivity index (χ0v) is 9.24. The van der Waals surface area contributed by atoms with Gasteiger partial charge < -0.3 is 15.2 Å². The standard InChI is InChI=1S/C10H20N2O3/c1-9(14)11-10-2-3-12(8-10)4-6-15-7-5-13/h10,13H,2-8H2,1H3,(H,11,14). The van der Waals surface area contributed by atoms with Gasteiger partial charge in [-0.25, -0.2) is 0 Å². The molecule has 1 atom stereocenters. The van der Waals surface area contributed by atoms with Gasteiger partial charge in [-0.05, 0) is 6.42 Å². The van der Waals surface area contributed by atoms with Crippen molar-refractivity contribution in [2.75, 3.05) is 39.5 Å². The summed E-state index contributed by atoms with van der Waals surface area (Å²) >= 11 is 0. The second kappa shape index (κ2) is 6.76. The Morgan fingerprint density at radius 2 is 2.40 bits per heavy atom. The third-order valence-corrected chi connectivity index (χ3v) is 2.47. The smallest absolute Gasteiger partial charge is 0.217 e. The number of carbonyl (C=O) groups is 1. The summed E-state index contributed by atoms with van der Waals surface area (Å²) in [6.07, 6.45) is 1.01. The molecule has 0 spiro atoms. The van der Waals surface area contributed by atoms with E-state index in [2.05, 4.69) is 10.2 Å². The van der Waals surface area contributed by atoms with E-state index in [0.29, 0.717) is 19.3 Å². The second-order valence-electron chi connectivity index (χ2n) is 3.82. The summed E-state index contributed by atoms with van der Waals surface area (Å²) in [5.74, 6) is 0.0402. The molecule has 1 fully saturated rings. The molecular weight excluding hydrogens is 196 g/mol. The Balaban J connectivity index is 2.05. The molecule has 0 aliphatic carbocycles. The summed E-state index contributed by atoms with van der Waals surface area (Å²) in [6, 6.07) is 0.292. The van der Waals surface area contributed by atoms with Gasteiger partial charge in [-0.3, -0.25) is 9.69 Å². The van der Waals surface area contributed by atoms with E-state index in [0.717, 1.165) is 26.1 Å². The maximum absolute atomic E-state index is 10.8. The maximum Gasteiger partial charge on any atom is 0.217 e. The van der Waals surface area contributed by atoms with Crippen LogP contribution in [-0.2, 0) is 9.53 Å². The minimum absolute atomic E-state index is 0.0402. The van der Waals surface area contributed by atoms with Gasteiger partial charge in [-0.1, -0.05) is 0 Å². The number of hydrogen-bond acceptors (Lipinski definition) is 4. The highest BCUT2D eigenvalue weighted by Gasteiger charge is 2.22. The number of amides is 1. The van der Waals surface area contributed by atoms with E-state index in [9.17, 15) is 4.79 Å². The molecule has 88 valence electrons. The van der Waals surface area contributed by atoms with Gasteiger partial charge in [0.2, 0.25) is 5.91 Å². The molecule has 0 radical (unpaired) electrons. The van der Waals surface area contributed by atoms with Crippen molar-refractivity contribution in [3.05, 3.63) is 0 Å². The third-order valence-electron chi connectivity index (χ3n) is 2.47. The van der Waals surface area contributed by atoms with Gasteiger partial charge >= 0.3 is 0 Å². The minimum atomic E-state index is 0.0402. The number of nitrogens with zero attached hydrogens (tertiary/aromatic N) is 1. The first-order chi connectivity index (χ1) is 7.22. The quantitative estimate of drug-likeness (QED) is 0.571. The fourth-order valence-corrected chi connectivity index (χ4v) is 1.80. The molecule has 1 saturated heterocycles. The predicted octanol–water partition coefficient (Wildman–Crippen LogP) is -0.794. The average Bonchev–Trinajstić information content (AvgIpc) is 2.59. The number of likely N-dealkylation sites (tertiary alicyclic amines) is 1. The lowest BCUT2D eigenvalue weighted by molar-refractivity contribution is -0.119. The SMILES string of the molecule is CC(=O)NC1CCN(CCOCCO)C1. The highest BCUT2D eigenvalue weighted by molar-refractivity contribution is 5.73. The number of carbonyl (C=O) groups excluding carboxylic acids is 1. The molecule has 1 aliphatic heterocycles. The minimum Gasteiger partial charge on any atom is -0.394 e. The van der Waals surface area contributed by atoms with Crippen LogP contribution in [0.5, 0.6) is 0 Å². The Morgan fingerprint density at radius 1 is 1.60 bits per heavy atom. The van der Waals surface area contributed by atoms with Crippen LogP contribution in [0.3, 0.4) is 0 Å². The van der Waals surface area contributed by atoms with E-state index in [1.165, 1.54) is 0 Å². The molecule has 2 N–H and O–H groups in total. The van der Waals surface area contributed by atoms with E-state index in [1.807, 2.05) is 0 Å². The molecule has 0 aromatic heterocycles. The molecule has 0 aromatic rings. The first kappa shape index (κ1) is 12.4. The third kappa shape index (κ3) is 5.11. The second-order valence-corrected chi connectivity index (χ2v) is 3.82. The van der Waals surface area contributed by atoms with Crippen LogP contribution < -0.4 is 5.32 Å². The maximum atomic E-state index is 10.8. The predicted molar refractivity (Wildman–Crippen MR) is 56.6 cm³/mol. The van der Waals surface area contributed by atoms with Crippen molar-refractivity contribution >= 4 is 5.91 Å². The van der Waals surface area contributed by atoms with E-state index in [4.69, 9.17) is 9.84 Å². The van der Waals surface area contributed by atoms with Crippen molar-refractivity contribution in [3.8, 4) is 0 Å². The zero-order valence-electron chi connectivity index (χ0n) is 9.24. The van der Waals surface area contributed by atoms with Crippen LogP contribution in [0.15, 0.2) is 0 Å². The topological polar surface area (TPSA) is 61.8 Å². The highest BCUT2D eigenvalue weighted by atomic mass is 16.5. The van der Waals surface area contributed by atoms with Gasteiger partial charge in [0.1, 0.15) is 0 Å². The molecule has 1 unspecified atom stereocenters. The lowest BCUT2D eigenvalue weighted by Crippen LogP contribution is -2.36. The first-order valence-corrected chi connectivity index (χ1v) is 5.40. The molecular formula is C10H20N2O3. The summed E-state index contributed by atoms with van der Waals surface area (Å²) in [5.41, 5.74) is 0. The monoisotopic (exact) mass is 216 g/mol. The van der Waals surface area contributed by atoms with Crippen molar-refractivity contribution < 1.29 is 14.6 Å². The molecule has 0 saturated carbocycles. The van der Waals surface area contributed by atoms with Crippen molar-refractivity contribution in [1.82, 2.24) is 10.2 Å². The molecule has 0 aromatic carbocycles. The number of aliphatic hydroxyl groups excluding tert-OH is 1. The molecule has 1 amide bonds. The van der Waals surface area contributed by atoms with Crippen LogP contribution in [0.2, 0.25) is 0 Å². The Labute approximate surface area is 90.4 Å². The van der Waals surface area contributed by atoms with Crippen molar-refractivity contribution in [1.29, 1.82) is 0 Å². The van der Waals surface area contributed by atoms with Gasteiger partial charge in [0.15, 0.2) is 0 Å². The van der Waals surface area contributed by atoms with Crippen LogP contribution in [0.4, 0.5) is 0 Å². The molecule has 5 heteroatoms. The Kier molecular flexibility index (Phi) is 5.60. The molecule has 1 rings (SSSR count). The van der Waals surface area contributed by atoms with Gasteiger partial charge in [0.25, 0.3) is 0 Å². The average molecular weight is 216 g/mol. The molecule has 1 heterocycles. The van der Waals surface area contributed by atoms with Crippen LogP contribution in [-0.4, -0.2) is 61.4 Å². The summed E-state index contributed by atoms with van der Waals surface area (Å²) in [7, 11) is 0. The number of hydrogen-bond donors (Lipinski definition) is 2. The Hall–Kier alpha value is -0.650. The lowest BCUT2D eigenvalue weighted by atomic mass is 10.3. The van der Waals surface area contributed by atoms with Crippen LogP contribution in [0.25, 0.3) is 0 Å². The summed E-state index contributed by atoms with van der Waals surface area (Å²) < 4.78 is 5.18. The summed E-state index contributed by atoms with van der Waals surface area (Å²) in [6.45, 7) is 5.46. The van der Waals surface area contributed by atoms with Gasteiger partial charge in [-0.2, -0.15) is 0 Å². The fourth-order valence-electron chi connectivity index (χ4n) is 1.80. The van der Waals surface area contributed by atoms with Crippen LogP contribution in [0.1, 0.15) is 13.3 Å². The Morgan fingerprint density at radius 3 is 3.07 bits per heavy atom. The molecule has 15 heavy (non-hydrogen) atoms. The van der Waals surface area contributed by atoms with E-state index < -0.39 is 0 Å². The molecule has 5 nitrogen and oxygen atoms in total. The van der Waals surface area contributed by atoms with E-state index in [-0.39, 0.29) is 12.5 Å².